The van der Waals surface area contributed by atoms with Crippen LogP contribution in [0.5, 0.6) is 0 Å². The minimum atomic E-state index is -0.378. The van der Waals surface area contributed by atoms with Gasteiger partial charge in [-0.3, -0.25) is 0 Å². The third kappa shape index (κ3) is 4.94. The molecule has 1 atom stereocenters. The number of esters is 1. The van der Waals surface area contributed by atoms with E-state index in [1.165, 1.54) is 13.2 Å². The molecule has 0 heterocycles. The SMILES string of the molecule is C=C/C(=C\C(=C)C(C)CCNC)C(=O)OC. The van der Waals surface area contributed by atoms with E-state index in [0.29, 0.717) is 11.5 Å². The Morgan fingerprint density at radius 3 is 2.62 bits per heavy atom. The van der Waals surface area contributed by atoms with Gasteiger partial charge in [-0.25, -0.2) is 4.79 Å². The number of methoxy groups -OCH3 is 1. The second-order valence-electron chi connectivity index (χ2n) is 3.66. The Labute approximate surface area is 97.9 Å². The largest absolute Gasteiger partial charge is 0.465 e. The summed E-state index contributed by atoms with van der Waals surface area (Å²) < 4.78 is 4.63. The summed E-state index contributed by atoms with van der Waals surface area (Å²) in [6, 6.07) is 0. The summed E-state index contributed by atoms with van der Waals surface area (Å²) in [6.45, 7) is 10.5. The molecule has 0 radical (unpaired) electrons. The van der Waals surface area contributed by atoms with Crippen molar-refractivity contribution in [2.75, 3.05) is 20.7 Å². The van der Waals surface area contributed by atoms with Crippen LogP contribution in [0.25, 0.3) is 0 Å². The molecule has 0 aromatic carbocycles. The molecule has 0 aliphatic rings. The van der Waals surface area contributed by atoms with Crippen LogP contribution in [0.15, 0.2) is 36.5 Å². The van der Waals surface area contributed by atoms with Crippen LogP contribution in [-0.2, 0) is 9.53 Å². The average Bonchev–Trinajstić information content (AvgIpc) is 2.31. The van der Waals surface area contributed by atoms with Gasteiger partial charge in [0.25, 0.3) is 0 Å². The summed E-state index contributed by atoms with van der Waals surface area (Å²) in [5, 5.41) is 3.08. The van der Waals surface area contributed by atoms with Gasteiger partial charge in [-0.15, -0.1) is 0 Å². The van der Waals surface area contributed by atoms with Crippen molar-refractivity contribution in [1.82, 2.24) is 5.32 Å². The van der Waals surface area contributed by atoms with Crippen molar-refractivity contribution < 1.29 is 9.53 Å². The monoisotopic (exact) mass is 223 g/mol. The molecule has 0 rings (SSSR count). The van der Waals surface area contributed by atoms with E-state index in [1.807, 2.05) is 7.05 Å². The number of nitrogens with one attached hydrogen (secondary N) is 1. The first-order valence-corrected chi connectivity index (χ1v) is 5.32. The van der Waals surface area contributed by atoms with Crippen LogP contribution < -0.4 is 5.32 Å². The first-order valence-electron chi connectivity index (χ1n) is 5.32. The molecule has 0 aromatic heterocycles. The molecule has 1 unspecified atom stereocenters. The van der Waals surface area contributed by atoms with E-state index in [1.54, 1.807) is 6.08 Å². The van der Waals surface area contributed by atoms with Gasteiger partial charge in [0.2, 0.25) is 0 Å². The van der Waals surface area contributed by atoms with Gasteiger partial charge in [0.15, 0.2) is 0 Å². The fraction of sp³-hybridized carbons (Fsp3) is 0.462. The molecular formula is C13H21NO2. The topological polar surface area (TPSA) is 38.3 Å². The predicted octanol–water partition coefficient (Wildman–Crippen LogP) is 2.07. The van der Waals surface area contributed by atoms with Crippen LogP contribution in [0.2, 0.25) is 0 Å². The smallest absolute Gasteiger partial charge is 0.337 e. The quantitative estimate of drug-likeness (QED) is 0.408. The third-order valence-electron chi connectivity index (χ3n) is 2.44. The summed E-state index contributed by atoms with van der Waals surface area (Å²) in [5.74, 6) is -0.0518. The molecule has 0 aliphatic heterocycles. The van der Waals surface area contributed by atoms with Crippen molar-refractivity contribution in [3.05, 3.63) is 36.5 Å². The van der Waals surface area contributed by atoms with Crippen molar-refractivity contribution in [3.63, 3.8) is 0 Å². The number of carbonyl (C=O) groups is 1. The fourth-order valence-corrected chi connectivity index (χ4v) is 1.21. The Balaban J connectivity index is 4.53. The molecule has 0 saturated carbocycles. The lowest BCUT2D eigenvalue weighted by atomic mass is 9.97. The van der Waals surface area contributed by atoms with Gasteiger partial charge in [0.05, 0.1) is 12.7 Å². The molecule has 16 heavy (non-hydrogen) atoms. The van der Waals surface area contributed by atoms with E-state index in [2.05, 4.69) is 30.1 Å². The summed E-state index contributed by atoms with van der Waals surface area (Å²) >= 11 is 0. The van der Waals surface area contributed by atoms with Crippen LogP contribution in [-0.4, -0.2) is 26.7 Å². The van der Waals surface area contributed by atoms with E-state index in [4.69, 9.17) is 0 Å². The molecule has 0 spiro atoms. The molecule has 3 heteroatoms. The first-order chi connectivity index (χ1) is 7.56. The maximum atomic E-state index is 11.3. The van der Waals surface area contributed by atoms with E-state index in [9.17, 15) is 4.79 Å². The third-order valence-corrected chi connectivity index (χ3v) is 2.44. The number of hydrogen-bond acceptors (Lipinski definition) is 3. The summed E-state index contributed by atoms with van der Waals surface area (Å²) in [7, 11) is 3.27. The molecule has 0 bridgehead atoms. The van der Waals surface area contributed by atoms with Crippen LogP contribution in [0, 0.1) is 5.92 Å². The van der Waals surface area contributed by atoms with E-state index < -0.39 is 0 Å². The molecule has 90 valence electrons. The van der Waals surface area contributed by atoms with Crippen molar-refractivity contribution >= 4 is 5.97 Å². The molecule has 0 fully saturated rings. The Bertz CT molecular complexity index is 292. The zero-order valence-corrected chi connectivity index (χ0v) is 10.4. The number of carbonyl (C=O) groups excluding carboxylic acids is 1. The van der Waals surface area contributed by atoms with Crippen LogP contribution in [0.1, 0.15) is 13.3 Å². The molecule has 3 nitrogen and oxygen atoms in total. The van der Waals surface area contributed by atoms with Crippen molar-refractivity contribution in [3.8, 4) is 0 Å². The zero-order chi connectivity index (χ0) is 12.6. The minimum Gasteiger partial charge on any atom is -0.465 e. The lowest BCUT2D eigenvalue weighted by molar-refractivity contribution is -0.135. The van der Waals surface area contributed by atoms with E-state index >= 15 is 0 Å². The molecule has 0 aliphatic carbocycles. The summed E-state index contributed by atoms with van der Waals surface area (Å²) in [6.07, 6.45) is 4.21. The second-order valence-corrected chi connectivity index (χ2v) is 3.66. The van der Waals surface area contributed by atoms with Gasteiger partial charge in [-0.2, -0.15) is 0 Å². The number of ether oxygens (including phenoxy) is 1. The summed E-state index contributed by atoms with van der Waals surface area (Å²) in [5.41, 5.74) is 1.36. The molecule has 0 aromatic rings. The number of hydrogen-bond donors (Lipinski definition) is 1. The maximum absolute atomic E-state index is 11.3. The van der Waals surface area contributed by atoms with Crippen LogP contribution in [0.3, 0.4) is 0 Å². The fourth-order valence-electron chi connectivity index (χ4n) is 1.21. The maximum Gasteiger partial charge on any atom is 0.337 e. The molecular weight excluding hydrogens is 202 g/mol. The lowest BCUT2D eigenvalue weighted by Crippen LogP contribution is -2.12. The van der Waals surface area contributed by atoms with Crippen molar-refractivity contribution in [2.45, 2.75) is 13.3 Å². The van der Waals surface area contributed by atoms with Gasteiger partial charge in [0.1, 0.15) is 0 Å². The van der Waals surface area contributed by atoms with E-state index in [-0.39, 0.29) is 5.97 Å². The number of allylic oxidation sites excluding steroid dienone is 2. The highest BCUT2D eigenvalue weighted by Crippen LogP contribution is 2.16. The van der Waals surface area contributed by atoms with Gasteiger partial charge in [-0.05, 0) is 32.0 Å². The van der Waals surface area contributed by atoms with Crippen LogP contribution in [0.4, 0.5) is 0 Å². The van der Waals surface area contributed by atoms with Crippen molar-refractivity contribution in [1.29, 1.82) is 0 Å². The first kappa shape index (κ1) is 14.6. The minimum absolute atomic E-state index is 0.326. The molecule has 1 N–H and O–H groups in total. The standard InChI is InChI=1S/C13H21NO2/c1-6-12(13(15)16-5)9-11(3)10(2)7-8-14-4/h6,9-10,14H,1,3,7-8H2,2,4-5H3/b12-9+. The van der Waals surface area contributed by atoms with Gasteiger partial charge in [0, 0.05) is 0 Å². The van der Waals surface area contributed by atoms with E-state index in [0.717, 1.165) is 18.5 Å². The highest BCUT2D eigenvalue weighted by Gasteiger charge is 2.09. The van der Waals surface area contributed by atoms with Crippen molar-refractivity contribution in [2.24, 2.45) is 5.92 Å². The second kappa shape index (κ2) is 7.88. The molecule has 0 saturated heterocycles. The van der Waals surface area contributed by atoms with Crippen LogP contribution >= 0.6 is 0 Å². The highest BCUT2D eigenvalue weighted by atomic mass is 16.5. The summed E-state index contributed by atoms with van der Waals surface area (Å²) in [4.78, 5) is 11.3. The Hall–Kier alpha value is -1.35. The van der Waals surface area contributed by atoms with Gasteiger partial charge < -0.3 is 10.1 Å². The Kier molecular flexibility index (Phi) is 7.21. The zero-order valence-electron chi connectivity index (χ0n) is 10.4. The lowest BCUT2D eigenvalue weighted by Gasteiger charge is -2.11. The Morgan fingerprint density at radius 1 is 1.56 bits per heavy atom. The highest BCUT2D eigenvalue weighted by molar-refractivity contribution is 5.91. The number of rotatable bonds is 7. The molecule has 0 amide bonds. The Morgan fingerprint density at radius 2 is 2.19 bits per heavy atom. The average molecular weight is 223 g/mol. The predicted molar refractivity (Wildman–Crippen MR) is 67.1 cm³/mol. The van der Waals surface area contributed by atoms with Gasteiger partial charge in [-0.1, -0.05) is 31.7 Å². The van der Waals surface area contributed by atoms with Gasteiger partial charge >= 0.3 is 5.97 Å². The normalized spacial score (nSPS) is 13.1.